The molecule has 1 amide bonds. The zero-order chi connectivity index (χ0) is 33.5. The predicted octanol–water partition coefficient (Wildman–Crippen LogP) is 9.71. The maximum Gasteiger partial charge on any atom is 0.256 e. The van der Waals surface area contributed by atoms with Gasteiger partial charge in [0.25, 0.3) is 5.91 Å². The van der Waals surface area contributed by atoms with Gasteiger partial charge in [-0.3, -0.25) is 4.79 Å². The number of pyridine rings is 1. The van der Waals surface area contributed by atoms with Crippen molar-refractivity contribution in [3.8, 4) is 11.4 Å². The van der Waals surface area contributed by atoms with Crippen molar-refractivity contribution in [3.05, 3.63) is 112 Å². The number of nitrogens with one attached hydrogen (secondary N) is 1. The Hall–Kier alpha value is -4.56. The highest BCUT2D eigenvalue weighted by molar-refractivity contribution is 6.30. The Morgan fingerprint density at radius 3 is 2.53 bits per heavy atom. The second-order valence-electron chi connectivity index (χ2n) is 13.1. The summed E-state index contributed by atoms with van der Waals surface area (Å²) in [7, 11) is 1.28. The summed E-state index contributed by atoms with van der Waals surface area (Å²) in [5, 5.41) is 8.90. The number of allylic oxidation sites excluding steroid dienone is 1. The number of ether oxygens (including phenoxy) is 1. The Morgan fingerprint density at radius 2 is 1.83 bits per heavy atom. The van der Waals surface area contributed by atoms with Crippen molar-refractivity contribution < 1.29 is 18.3 Å². The van der Waals surface area contributed by atoms with Crippen LogP contribution in [0.15, 0.2) is 66.9 Å². The average Bonchev–Trinajstić information content (AvgIpc) is 3.42. The zero-order valence-electron chi connectivity index (χ0n) is 27.1. The van der Waals surface area contributed by atoms with Gasteiger partial charge in [0.05, 0.1) is 41.5 Å². The van der Waals surface area contributed by atoms with Crippen molar-refractivity contribution in [1.29, 1.82) is 0 Å². The lowest BCUT2D eigenvalue weighted by atomic mass is 9.69. The lowest BCUT2D eigenvalue weighted by Gasteiger charge is -2.37. The van der Waals surface area contributed by atoms with Gasteiger partial charge in [-0.15, -0.1) is 0 Å². The first-order chi connectivity index (χ1) is 22.5. The number of anilines is 1. The summed E-state index contributed by atoms with van der Waals surface area (Å²) in [5.41, 5.74) is 5.92. The largest absolute Gasteiger partial charge is 0.494 e. The van der Waals surface area contributed by atoms with Crippen molar-refractivity contribution in [2.45, 2.75) is 53.4 Å². The fourth-order valence-electron chi connectivity index (χ4n) is 6.34. The van der Waals surface area contributed by atoms with Gasteiger partial charge in [0, 0.05) is 22.5 Å². The van der Waals surface area contributed by atoms with E-state index in [1.807, 2.05) is 55.5 Å². The fourth-order valence-corrected chi connectivity index (χ4v) is 6.47. The summed E-state index contributed by atoms with van der Waals surface area (Å²) >= 11 is 6.18. The van der Waals surface area contributed by atoms with Crippen LogP contribution in [-0.2, 0) is 12.8 Å². The Bertz CT molecular complexity index is 2010. The number of halogens is 3. The molecule has 2 aromatic heterocycles. The Morgan fingerprint density at radius 1 is 1.09 bits per heavy atom. The average molecular weight is 655 g/mol. The number of hydrogen-bond acceptors (Lipinski definition) is 4. The maximum atomic E-state index is 15.2. The Balaban J connectivity index is 1.49. The second-order valence-corrected chi connectivity index (χ2v) is 13.5. The first-order valence-electron chi connectivity index (χ1n) is 15.8. The highest BCUT2D eigenvalue weighted by Crippen LogP contribution is 2.45. The number of carbonyl (C=O) groups excluding carboxylic acids is 1. The van der Waals surface area contributed by atoms with Crippen molar-refractivity contribution >= 4 is 45.7 Å². The topological polar surface area (TPSA) is 69.0 Å². The lowest BCUT2D eigenvalue weighted by molar-refractivity contribution is 0.102. The molecule has 0 saturated carbocycles. The van der Waals surface area contributed by atoms with Crippen LogP contribution in [0.2, 0.25) is 5.02 Å². The van der Waals surface area contributed by atoms with Crippen molar-refractivity contribution in [1.82, 2.24) is 14.8 Å². The van der Waals surface area contributed by atoms with Gasteiger partial charge in [-0.1, -0.05) is 76.0 Å². The number of carbonyl (C=O) groups is 1. The highest BCUT2D eigenvalue weighted by Gasteiger charge is 2.35. The molecule has 1 aliphatic carbocycles. The van der Waals surface area contributed by atoms with Crippen LogP contribution in [0.1, 0.15) is 73.4 Å². The quantitative estimate of drug-likeness (QED) is 0.190. The Labute approximate surface area is 278 Å². The van der Waals surface area contributed by atoms with Crippen LogP contribution >= 0.6 is 11.6 Å². The molecule has 0 aliphatic heterocycles. The summed E-state index contributed by atoms with van der Waals surface area (Å²) in [6, 6.07) is 17.4. The smallest absolute Gasteiger partial charge is 0.256 e. The summed E-state index contributed by atoms with van der Waals surface area (Å²) < 4.78 is 36.1. The number of fused-ring (bicyclic) bond motifs is 2. The van der Waals surface area contributed by atoms with E-state index in [0.717, 1.165) is 46.3 Å². The molecule has 3 aromatic carbocycles. The monoisotopic (exact) mass is 654 g/mol. The van der Waals surface area contributed by atoms with E-state index in [1.165, 1.54) is 18.0 Å². The molecule has 0 fully saturated rings. The van der Waals surface area contributed by atoms with Gasteiger partial charge in [0.2, 0.25) is 0 Å². The van der Waals surface area contributed by atoms with Gasteiger partial charge < -0.3 is 10.1 Å². The first-order valence-corrected chi connectivity index (χ1v) is 16.2. The standard InChI is InChI=1S/C38H37ClF2N4O2/c1-6-9-32-31(21-42-45(32)33-19-29(41)34(47-5)20-28(33)40)44-37(46)35-26-10-7-8-11-30(26)43-36-23(16-22-12-14-25(39)15-13-22)17-24(18-27(35)36)38(2,3)4/h7-8,10-16,19-21,24H,6,9,17-18H2,1-5H3,(H,44,46)/b23-16-. The van der Waals surface area contributed by atoms with E-state index in [4.69, 9.17) is 21.3 Å². The van der Waals surface area contributed by atoms with Crippen LogP contribution in [0, 0.1) is 23.0 Å². The van der Waals surface area contributed by atoms with Gasteiger partial charge in [-0.05, 0) is 71.6 Å². The van der Waals surface area contributed by atoms with Crippen LogP contribution in [0.4, 0.5) is 14.5 Å². The minimum Gasteiger partial charge on any atom is -0.494 e. The summed E-state index contributed by atoms with van der Waals surface area (Å²) in [4.78, 5) is 19.6. The van der Waals surface area contributed by atoms with E-state index in [1.54, 1.807) is 0 Å². The third-order valence-electron chi connectivity index (χ3n) is 8.93. The molecule has 1 aliphatic rings. The number of para-hydroxylation sites is 1. The number of amides is 1. The van der Waals surface area contributed by atoms with E-state index in [-0.39, 0.29) is 28.7 Å². The maximum absolute atomic E-state index is 15.2. The molecule has 0 bridgehead atoms. The van der Waals surface area contributed by atoms with Gasteiger partial charge in [-0.25, -0.2) is 18.4 Å². The van der Waals surface area contributed by atoms with E-state index in [9.17, 15) is 9.18 Å². The molecule has 6 nitrogen and oxygen atoms in total. The minimum atomic E-state index is -0.710. The van der Waals surface area contributed by atoms with Crippen molar-refractivity contribution in [2.75, 3.05) is 12.4 Å². The van der Waals surface area contributed by atoms with Crippen LogP contribution < -0.4 is 10.1 Å². The lowest BCUT2D eigenvalue weighted by Crippen LogP contribution is -2.29. The van der Waals surface area contributed by atoms with Gasteiger partial charge in [-0.2, -0.15) is 5.10 Å². The van der Waals surface area contributed by atoms with E-state index in [2.05, 4.69) is 37.3 Å². The number of hydrogen-bond donors (Lipinski definition) is 1. The molecular formula is C38H37ClF2N4O2. The normalized spacial score (nSPS) is 15.6. The third-order valence-corrected chi connectivity index (χ3v) is 9.18. The third kappa shape index (κ3) is 6.39. The molecule has 0 radical (unpaired) electrons. The van der Waals surface area contributed by atoms with Crippen LogP contribution in [0.5, 0.6) is 5.75 Å². The molecule has 1 unspecified atom stereocenters. The van der Waals surface area contributed by atoms with Gasteiger partial charge >= 0.3 is 0 Å². The van der Waals surface area contributed by atoms with Crippen molar-refractivity contribution in [3.63, 3.8) is 0 Å². The summed E-state index contributed by atoms with van der Waals surface area (Å²) in [5.74, 6) is -1.66. The molecule has 9 heteroatoms. The first kappa shape index (κ1) is 32.4. The molecule has 2 heterocycles. The second kappa shape index (κ2) is 12.9. The number of benzene rings is 3. The van der Waals surface area contributed by atoms with Crippen LogP contribution in [0.3, 0.4) is 0 Å². The van der Waals surface area contributed by atoms with Crippen LogP contribution in [-0.4, -0.2) is 27.8 Å². The molecule has 0 saturated heterocycles. The number of aromatic nitrogens is 3. The van der Waals surface area contributed by atoms with Crippen molar-refractivity contribution in [2.24, 2.45) is 11.3 Å². The van der Waals surface area contributed by atoms with Crippen LogP contribution in [0.25, 0.3) is 28.2 Å². The predicted molar refractivity (Wildman–Crippen MR) is 184 cm³/mol. The van der Waals surface area contributed by atoms with Gasteiger partial charge in [0.1, 0.15) is 5.69 Å². The van der Waals surface area contributed by atoms with E-state index in [0.29, 0.717) is 46.7 Å². The molecule has 242 valence electrons. The number of rotatable bonds is 7. The highest BCUT2D eigenvalue weighted by atomic mass is 35.5. The zero-order valence-corrected chi connectivity index (χ0v) is 27.9. The SMILES string of the molecule is CCCc1c(NC(=O)c2c3c(nc4ccccc24)/C(=C\c2ccc(Cl)cc2)CC(C(C)(C)C)C3)cnn1-c1cc(F)c(OC)cc1F. The van der Waals surface area contributed by atoms with E-state index < -0.39 is 11.6 Å². The van der Waals surface area contributed by atoms with Gasteiger partial charge in [0.15, 0.2) is 17.4 Å². The molecule has 0 spiro atoms. The van der Waals surface area contributed by atoms with E-state index >= 15 is 4.39 Å². The molecule has 5 aromatic rings. The summed E-state index contributed by atoms with van der Waals surface area (Å²) in [6.07, 6.45) is 6.27. The molecule has 47 heavy (non-hydrogen) atoms. The Kier molecular flexibility index (Phi) is 8.90. The molecule has 1 atom stereocenters. The summed E-state index contributed by atoms with van der Waals surface area (Å²) in [6.45, 7) is 8.65. The number of methoxy groups -OCH3 is 1. The fraction of sp³-hybridized carbons (Fsp3) is 0.289. The molecular weight excluding hydrogens is 618 g/mol. The number of nitrogens with zero attached hydrogens (tertiary/aromatic N) is 3. The minimum absolute atomic E-state index is 0.0384. The molecule has 6 rings (SSSR count). The molecule has 1 N–H and O–H groups in total.